The van der Waals surface area contributed by atoms with Gasteiger partial charge < -0.3 is 4.90 Å². The summed E-state index contributed by atoms with van der Waals surface area (Å²) in [6.07, 6.45) is 0. The summed E-state index contributed by atoms with van der Waals surface area (Å²) in [4.78, 5) is 15.3. The number of carbonyl (C=O) groups is 1. The molecule has 26 heavy (non-hydrogen) atoms. The Kier molecular flexibility index (Phi) is 4.65. The van der Waals surface area contributed by atoms with Gasteiger partial charge in [0.1, 0.15) is 4.21 Å². The van der Waals surface area contributed by atoms with E-state index in [-0.39, 0.29) is 19.0 Å². The summed E-state index contributed by atoms with van der Waals surface area (Å²) < 4.78 is 26.9. The summed E-state index contributed by atoms with van der Waals surface area (Å²) in [5, 5.41) is 10.7. The van der Waals surface area contributed by atoms with Crippen molar-refractivity contribution in [2.75, 3.05) is 26.2 Å². The van der Waals surface area contributed by atoms with Crippen LogP contribution in [0.3, 0.4) is 0 Å². The van der Waals surface area contributed by atoms with Crippen LogP contribution in [0.15, 0.2) is 45.3 Å². The van der Waals surface area contributed by atoms with Gasteiger partial charge in [-0.3, -0.25) is 9.89 Å². The number of nitrogens with zero attached hydrogens (tertiary/aromatic N) is 3. The zero-order valence-electron chi connectivity index (χ0n) is 13.7. The third-order valence-electron chi connectivity index (χ3n) is 4.20. The Labute approximate surface area is 158 Å². The van der Waals surface area contributed by atoms with E-state index in [9.17, 15) is 13.2 Å². The van der Waals surface area contributed by atoms with Crippen molar-refractivity contribution in [1.29, 1.82) is 0 Å². The number of piperazine rings is 1. The fourth-order valence-corrected chi connectivity index (χ4v) is 6.08. The van der Waals surface area contributed by atoms with E-state index in [1.54, 1.807) is 39.8 Å². The van der Waals surface area contributed by atoms with Gasteiger partial charge in [0.05, 0.1) is 10.6 Å². The SMILES string of the molecule is O=C(c1cc(-c2cccs2)[nH]n1)N1CCN(S(=O)(=O)c2cccs2)CC1. The fraction of sp³-hybridized carbons (Fsp3) is 0.250. The van der Waals surface area contributed by atoms with Crippen LogP contribution in [0.4, 0.5) is 0 Å². The molecule has 4 heterocycles. The second-order valence-electron chi connectivity index (χ2n) is 5.77. The van der Waals surface area contributed by atoms with Crippen molar-refractivity contribution < 1.29 is 13.2 Å². The average Bonchev–Trinajstić information content (AvgIpc) is 3.43. The largest absolute Gasteiger partial charge is 0.335 e. The number of H-pyrrole nitrogens is 1. The highest BCUT2D eigenvalue weighted by Crippen LogP contribution is 2.24. The van der Waals surface area contributed by atoms with E-state index in [1.807, 2.05) is 17.5 Å². The minimum absolute atomic E-state index is 0.183. The molecule has 1 saturated heterocycles. The Hall–Kier alpha value is -2.01. The molecule has 0 radical (unpaired) electrons. The lowest BCUT2D eigenvalue weighted by Gasteiger charge is -2.33. The lowest BCUT2D eigenvalue weighted by molar-refractivity contribution is 0.0692. The van der Waals surface area contributed by atoms with Gasteiger partial charge in [0, 0.05) is 26.2 Å². The van der Waals surface area contributed by atoms with Crippen LogP contribution in [-0.4, -0.2) is 59.9 Å². The molecule has 1 N–H and O–H groups in total. The first-order valence-electron chi connectivity index (χ1n) is 7.98. The summed E-state index contributed by atoms with van der Waals surface area (Å²) in [5.74, 6) is -0.183. The lowest BCUT2D eigenvalue weighted by Crippen LogP contribution is -2.50. The third kappa shape index (κ3) is 3.20. The molecule has 0 saturated carbocycles. The first kappa shape index (κ1) is 17.4. The van der Waals surface area contributed by atoms with Crippen molar-refractivity contribution in [1.82, 2.24) is 19.4 Å². The maximum absolute atomic E-state index is 12.6. The van der Waals surface area contributed by atoms with Gasteiger partial charge in [-0.05, 0) is 29.0 Å². The Morgan fingerprint density at radius 1 is 1.08 bits per heavy atom. The van der Waals surface area contributed by atoms with Crippen molar-refractivity contribution in [3.05, 3.63) is 46.8 Å². The van der Waals surface area contributed by atoms with Gasteiger partial charge in [0.2, 0.25) is 0 Å². The standard InChI is InChI=1S/C16H16N4O3S3/c21-16(13-11-12(17-18-13)14-3-1-9-24-14)19-5-7-20(8-6-19)26(22,23)15-4-2-10-25-15/h1-4,9-11H,5-8H2,(H,17,18). The highest BCUT2D eigenvalue weighted by Gasteiger charge is 2.31. The van der Waals surface area contributed by atoms with Crippen LogP contribution in [0.25, 0.3) is 10.6 Å². The molecule has 1 aliphatic heterocycles. The number of rotatable bonds is 4. The molecule has 4 rings (SSSR count). The highest BCUT2D eigenvalue weighted by atomic mass is 32.2. The molecule has 0 unspecified atom stereocenters. The molecule has 3 aromatic rings. The van der Waals surface area contributed by atoms with E-state index >= 15 is 0 Å². The number of hydrogen-bond donors (Lipinski definition) is 1. The number of thiophene rings is 2. The molecule has 1 aliphatic rings. The van der Waals surface area contributed by atoms with Gasteiger partial charge in [0.15, 0.2) is 5.69 Å². The second kappa shape index (κ2) is 6.95. The predicted molar refractivity (Wildman–Crippen MR) is 101 cm³/mol. The van der Waals surface area contributed by atoms with Crippen molar-refractivity contribution in [3.8, 4) is 10.6 Å². The third-order valence-corrected chi connectivity index (χ3v) is 8.37. The number of carbonyl (C=O) groups excluding carboxylic acids is 1. The minimum atomic E-state index is -3.46. The van der Waals surface area contributed by atoms with Crippen LogP contribution >= 0.6 is 22.7 Å². The van der Waals surface area contributed by atoms with Gasteiger partial charge in [-0.15, -0.1) is 22.7 Å². The van der Waals surface area contributed by atoms with Crippen LogP contribution in [0.1, 0.15) is 10.5 Å². The molecule has 10 heteroatoms. The van der Waals surface area contributed by atoms with Crippen LogP contribution in [0, 0.1) is 0 Å². The maximum Gasteiger partial charge on any atom is 0.274 e. The Morgan fingerprint density at radius 2 is 1.81 bits per heavy atom. The zero-order chi connectivity index (χ0) is 18.1. The van der Waals surface area contributed by atoms with Gasteiger partial charge in [0.25, 0.3) is 15.9 Å². The summed E-state index contributed by atoms with van der Waals surface area (Å²) in [7, 11) is -3.46. The van der Waals surface area contributed by atoms with Crippen LogP contribution in [0.2, 0.25) is 0 Å². The topological polar surface area (TPSA) is 86.4 Å². The second-order valence-corrected chi connectivity index (χ2v) is 9.83. The highest BCUT2D eigenvalue weighted by molar-refractivity contribution is 7.91. The number of sulfonamides is 1. The maximum atomic E-state index is 12.6. The summed E-state index contributed by atoms with van der Waals surface area (Å²) >= 11 is 2.78. The van der Waals surface area contributed by atoms with Gasteiger partial charge in [-0.2, -0.15) is 9.40 Å². The monoisotopic (exact) mass is 408 g/mol. The van der Waals surface area contributed by atoms with E-state index < -0.39 is 10.0 Å². The molecule has 136 valence electrons. The van der Waals surface area contributed by atoms with Gasteiger partial charge in [-0.1, -0.05) is 12.1 Å². The zero-order valence-corrected chi connectivity index (χ0v) is 16.1. The molecular weight excluding hydrogens is 392 g/mol. The summed E-state index contributed by atoms with van der Waals surface area (Å²) in [6.45, 7) is 1.28. The number of amides is 1. The number of aromatic amines is 1. The molecule has 1 amide bonds. The fourth-order valence-electron chi connectivity index (χ4n) is 2.82. The number of aromatic nitrogens is 2. The van der Waals surface area contributed by atoms with Crippen molar-refractivity contribution >= 4 is 38.6 Å². The quantitative estimate of drug-likeness (QED) is 0.718. The molecule has 1 fully saturated rings. The Morgan fingerprint density at radius 3 is 2.46 bits per heavy atom. The smallest absolute Gasteiger partial charge is 0.274 e. The molecular formula is C16H16N4O3S3. The number of hydrogen-bond acceptors (Lipinski definition) is 6. The van der Waals surface area contributed by atoms with E-state index in [0.29, 0.717) is 23.0 Å². The van der Waals surface area contributed by atoms with Crippen molar-refractivity contribution in [2.24, 2.45) is 0 Å². The molecule has 0 bridgehead atoms. The first-order chi connectivity index (χ1) is 12.6. The Balaban J connectivity index is 1.43. The molecule has 0 spiro atoms. The molecule has 0 aliphatic carbocycles. The number of nitrogens with one attached hydrogen (secondary N) is 1. The van der Waals surface area contributed by atoms with Crippen LogP contribution < -0.4 is 0 Å². The predicted octanol–water partition coefficient (Wildman–Crippen LogP) is 2.35. The van der Waals surface area contributed by atoms with Crippen LogP contribution in [-0.2, 0) is 10.0 Å². The summed E-state index contributed by atoms with van der Waals surface area (Å²) in [6, 6.07) is 8.96. The summed E-state index contributed by atoms with van der Waals surface area (Å²) in [5.41, 5.74) is 1.16. The Bertz CT molecular complexity index is 986. The normalized spacial score (nSPS) is 16.1. The first-order valence-corrected chi connectivity index (χ1v) is 11.2. The van der Waals surface area contributed by atoms with Gasteiger partial charge >= 0.3 is 0 Å². The van der Waals surface area contributed by atoms with E-state index in [4.69, 9.17) is 0 Å². The molecule has 0 aromatic carbocycles. The van der Waals surface area contributed by atoms with E-state index in [2.05, 4.69) is 10.2 Å². The van der Waals surface area contributed by atoms with Crippen LogP contribution in [0.5, 0.6) is 0 Å². The van der Waals surface area contributed by atoms with E-state index in [1.165, 1.54) is 15.6 Å². The van der Waals surface area contributed by atoms with Crippen molar-refractivity contribution in [3.63, 3.8) is 0 Å². The minimum Gasteiger partial charge on any atom is -0.335 e. The van der Waals surface area contributed by atoms with Gasteiger partial charge in [-0.25, -0.2) is 8.42 Å². The van der Waals surface area contributed by atoms with E-state index in [0.717, 1.165) is 10.6 Å². The lowest BCUT2D eigenvalue weighted by atomic mass is 10.2. The molecule has 7 nitrogen and oxygen atoms in total. The molecule has 0 atom stereocenters. The average molecular weight is 409 g/mol. The molecule has 3 aromatic heterocycles. The van der Waals surface area contributed by atoms with Crippen molar-refractivity contribution in [2.45, 2.75) is 4.21 Å².